The molecule has 7 heteroatoms. The standard InChI is InChI=1S/C23H31ClN2O3S/c1-19(15-18-27)14-17-26(30(28,29)23-12-8-21(24)9-13-23)16-4-5-20-6-10-22(11-7-20)25(2)3/h4-13,19,27H,14-18H2,1-3H3/t19-/m1/s1. The number of hydrogen-bond acceptors (Lipinski definition) is 4. The van der Waals surface area contributed by atoms with E-state index in [4.69, 9.17) is 16.7 Å². The van der Waals surface area contributed by atoms with E-state index in [-0.39, 0.29) is 24.0 Å². The van der Waals surface area contributed by atoms with E-state index < -0.39 is 10.0 Å². The molecule has 30 heavy (non-hydrogen) atoms. The summed E-state index contributed by atoms with van der Waals surface area (Å²) in [5.74, 6) is 0.237. The minimum absolute atomic E-state index is 0.105. The van der Waals surface area contributed by atoms with Crippen molar-refractivity contribution in [3.05, 3.63) is 65.2 Å². The Labute approximate surface area is 185 Å². The Morgan fingerprint density at radius 2 is 1.67 bits per heavy atom. The summed E-state index contributed by atoms with van der Waals surface area (Å²) >= 11 is 5.91. The molecule has 164 valence electrons. The predicted octanol–water partition coefficient (Wildman–Crippen LogP) is 4.52. The third kappa shape index (κ3) is 7.13. The number of aliphatic hydroxyl groups excluding tert-OH is 1. The number of sulfonamides is 1. The number of nitrogens with zero attached hydrogens (tertiary/aromatic N) is 2. The van der Waals surface area contributed by atoms with E-state index in [1.807, 2.05) is 62.3 Å². The first-order chi connectivity index (χ1) is 14.2. The predicted molar refractivity (Wildman–Crippen MR) is 125 cm³/mol. The third-order valence-corrected chi connectivity index (χ3v) is 7.10. The van der Waals surface area contributed by atoms with E-state index >= 15 is 0 Å². The highest BCUT2D eigenvalue weighted by Gasteiger charge is 2.23. The van der Waals surface area contributed by atoms with Crippen molar-refractivity contribution in [1.82, 2.24) is 4.31 Å². The molecule has 0 unspecified atom stereocenters. The largest absolute Gasteiger partial charge is 0.396 e. The summed E-state index contributed by atoms with van der Waals surface area (Å²) in [6, 6.07) is 14.3. The molecule has 0 saturated heterocycles. The quantitative estimate of drug-likeness (QED) is 0.546. The second kappa shape index (κ2) is 11.5. The van der Waals surface area contributed by atoms with Crippen LogP contribution in [0, 0.1) is 5.92 Å². The maximum absolute atomic E-state index is 13.2. The van der Waals surface area contributed by atoms with E-state index in [0.717, 1.165) is 11.3 Å². The fourth-order valence-electron chi connectivity index (χ4n) is 2.98. The minimum atomic E-state index is -3.65. The van der Waals surface area contributed by atoms with Crippen LogP contribution in [0.25, 0.3) is 6.08 Å². The van der Waals surface area contributed by atoms with Crippen LogP contribution in [0.3, 0.4) is 0 Å². The lowest BCUT2D eigenvalue weighted by Crippen LogP contribution is -2.33. The topological polar surface area (TPSA) is 60.9 Å². The zero-order chi connectivity index (χ0) is 22.1. The normalized spacial score (nSPS) is 13.1. The molecule has 0 saturated carbocycles. The summed E-state index contributed by atoms with van der Waals surface area (Å²) in [5.41, 5.74) is 2.12. The van der Waals surface area contributed by atoms with Gasteiger partial charge in [0.25, 0.3) is 0 Å². The van der Waals surface area contributed by atoms with Gasteiger partial charge in [-0.1, -0.05) is 42.8 Å². The van der Waals surface area contributed by atoms with Crippen LogP contribution < -0.4 is 4.90 Å². The molecule has 0 aromatic heterocycles. The van der Waals surface area contributed by atoms with Crippen LogP contribution in [0.5, 0.6) is 0 Å². The van der Waals surface area contributed by atoms with Gasteiger partial charge in [-0.2, -0.15) is 4.31 Å². The minimum Gasteiger partial charge on any atom is -0.396 e. The molecular weight excluding hydrogens is 420 g/mol. The van der Waals surface area contributed by atoms with Gasteiger partial charge in [-0.3, -0.25) is 0 Å². The van der Waals surface area contributed by atoms with Gasteiger partial charge in [0.1, 0.15) is 0 Å². The summed E-state index contributed by atoms with van der Waals surface area (Å²) < 4.78 is 27.8. The molecule has 0 aliphatic carbocycles. The zero-order valence-corrected chi connectivity index (χ0v) is 19.4. The zero-order valence-electron chi connectivity index (χ0n) is 17.8. The molecule has 0 aliphatic rings. The molecule has 2 rings (SSSR count). The second-order valence-corrected chi connectivity index (χ2v) is 9.99. The van der Waals surface area contributed by atoms with Crippen molar-refractivity contribution in [2.24, 2.45) is 5.92 Å². The Morgan fingerprint density at radius 3 is 2.23 bits per heavy atom. The summed E-state index contributed by atoms with van der Waals surface area (Å²) in [6.07, 6.45) is 5.14. The Kier molecular flexibility index (Phi) is 9.37. The highest BCUT2D eigenvalue weighted by atomic mass is 35.5. The van der Waals surface area contributed by atoms with Crippen LogP contribution >= 0.6 is 11.6 Å². The first-order valence-corrected chi connectivity index (χ1v) is 11.9. The lowest BCUT2D eigenvalue weighted by atomic mass is 10.1. The Balaban J connectivity index is 2.17. The molecule has 0 fully saturated rings. The average molecular weight is 451 g/mol. The highest BCUT2D eigenvalue weighted by Crippen LogP contribution is 2.21. The fraction of sp³-hybridized carbons (Fsp3) is 0.391. The first kappa shape index (κ1) is 24.4. The average Bonchev–Trinajstić information content (AvgIpc) is 2.71. The van der Waals surface area contributed by atoms with Crippen molar-refractivity contribution in [2.45, 2.75) is 24.7 Å². The highest BCUT2D eigenvalue weighted by molar-refractivity contribution is 7.89. The number of halogens is 1. The smallest absolute Gasteiger partial charge is 0.243 e. The van der Waals surface area contributed by atoms with Crippen LogP contribution in [0.2, 0.25) is 5.02 Å². The molecule has 0 heterocycles. The maximum Gasteiger partial charge on any atom is 0.243 e. The lowest BCUT2D eigenvalue weighted by molar-refractivity contribution is 0.253. The van der Waals surface area contributed by atoms with Crippen molar-refractivity contribution in [2.75, 3.05) is 38.7 Å². The molecule has 1 atom stereocenters. The Bertz CT molecular complexity index is 910. The van der Waals surface area contributed by atoms with Crippen LogP contribution in [0.1, 0.15) is 25.3 Å². The van der Waals surface area contributed by atoms with E-state index in [2.05, 4.69) is 0 Å². The molecule has 5 nitrogen and oxygen atoms in total. The molecule has 1 N–H and O–H groups in total. The molecule has 0 radical (unpaired) electrons. The third-order valence-electron chi connectivity index (χ3n) is 4.97. The number of rotatable bonds is 11. The lowest BCUT2D eigenvalue weighted by Gasteiger charge is -2.22. The molecule has 0 spiro atoms. The molecule has 0 bridgehead atoms. The molecule has 2 aromatic rings. The van der Waals surface area contributed by atoms with Crippen molar-refractivity contribution in [3.63, 3.8) is 0 Å². The summed E-state index contributed by atoms with van der Waals surface area (Å²) in [4.78, 5) is 2.26. The van der Waals surface area contributed by atoms with E-state index in [0.29, 0.717) is 24.4 Å². The Morgan fingerprint density at radius 1 is 1.03 bits per heavy atom. The Hall–Kier alpha value is -1.86. The second-order valence-electron chi connectivity index (χ2n) is 7.61. The van der Waals surface area contributed by atoms with Crippen molar-refractivity contribution in [1.29, 1.82) is 0 Å². The van der Waals surface area contributed by atoms with Gasteiger partial charge in [0.15, 0.2) is 0 Å². The van der Waals surface area contributed by atoms with Crippen LogP contribution in [0.15, 0.2) is 59.5 Å². The van der Waals surface area contributed by atoms with Gasteiger partial charge in [0, 0.05) is 44.5 Å². The number of benzene rings is 2. The van der Waals surface area contributed by atoms with Gasteiger partial charge < -0.3 is 10.0 Å². The van der Waals surface area contributed by atoms with Crippen molar-refractivity contribution >= 4 is 33.4 Å². The van der Waals surface area contributed by atoms with Gasteiger partial charge in [-0.15, -0.1) is 0 Å². The molecule has 0 aliphatic heterocycles. The van der Waals surface area contributed by atoms with Gasteiger partial charge in [-0.25, -0.2) is 8.42 Å². The molecule has 0 amide bonds. The van der Waals surface area contributed by atoms with E-state index in [1.54, 1.807) is 12.1 Å². The van der Waals surface area contributed by atoms with Crippen molar-refractivity contribution in [3.8, 4) is 0 Å². The van der Waals surface area contributed by atoms with Gasteiger partial charge >= 0.3 is 0 Å². The summed E-state index contributed by atoms with van der Waals surface area (Å²) in [5, 5.41) is 9.63. The number of aliphatic hydroxyl groups is 1. The maximum atomic E-state index is 13.2. The monoisotopic (exact) mass is 450 g/mol. The fourth-order valence-corrected chi connectivity index (χ4v) is 4.52. The SMILES string of the molecule is C[C@@H](CCO)CCN(CC=Cc1ccc(N(C)C)cc1)S(=O)(=O)c1ccc(Cl)cc1. The first-order valence-electron chi connectivity index (χ1n) is 10.0. The van der Waals surface area contributed by atoms with Gasteiger partial charge in [-0.05, 0) is 60.7 Å². The van der Waals surface area contributed by atoms with E-state index in [9.17, 15) is 8.42 Å². The van der Waals surface area contributed by atoms with Gasteiger partial charge in [0.2, 0.25) is 10.0 Å². The summed E-state index contributed by atoms with van der Waals surface area (Å²) in [6.45, 7) is 2.78. The van der Waals surface area contributed by atoms with Crippen LogP contribution in [-0.2, 0) is 10.0 Å². The molecule has 2 aromatic carbocycles. The summed E-state index contributed by atoms with van der Waals surface area (Å²) in [7, 11) is 0.330. The number of anilines is 1. The van der Waals surface area contributed by atoms with E-state index in [1.165, 1.54) is 16.4 Å². The van der Waals surface area contributed by atoms with Crippen LogP contribution in [-0.4, -0.2) is 51.6 Å². The molecular formula is C23H31ClN2O3S. The van der Waals surface area contributed by atoms with Gasteiger partial charge in [0.05, 0.1) is 4.90 Å². The van der Waals surface area contributed by atoms with Crippen molar-refractivity contribution < 1.29 is 13.5 Å². The number of hydrogen-bond donors (Lipinski definition) is 1. The van der Waals surface area contributed by atoms with Crippen LogP contribution in [0.4, 0.5) is 5.69 Å².